The fourth-order valence-corrected chi connectivity index (χ4v) is 0.428. The van der Waals surface area contributed by atoms with E-state index in [0.717, 1.165) is 0 Å². The average molecular weight is 143 g/mol. The van der Waals surface area contributed by atoms with E-state index in [2.05, 4.69) is 12.2 Å². The predicted octanol–water partition coefficient (Wildman–Crippen LogP) is 2.14. The SMILES string of the molecule is O=P(F)(F)N=C=S. The first-order valence-electron chi connectivity index (χ1n) is 1.15. The molecule has 0 aliphatic rings. The molecular formula is CF2NOPS. The third-order valence-corrected chi connectivity index (χ3v) is 0.717. The van der Waals surface area contributed by atoms with E-state index in [1.54, 1.807) is 0 Å². The summed E-state index contributed by atoms with van der Waals surface area (Å²) in [6.45, 7) is 0. The molecule has 0 heterocycles. The van der Waals surface area contributed by atoms with Gasteiger partial charge in [-0.25, -0.2) is 4.57 Å². The van der Waals surface area contributed by atoms with Gasteiger partial charge in [-0.2, -0.15) is 0 Å². The number of isothiocyanates is 1. The van der Waals surface area contributed by atoms with Crippen molar-refractivity contribution in [2.45, 2.75) is 0 Å². The Bertz CT molecular complexity index is 146. The molecule has 2 nitrogen and oxygen atoms in total. The monoisotopic (exact) mass is 143 g/mol. The summed E-state index contributed by atoms with van der Waals surface area (Å²) >= 11 is 3.73. The molecule has 0 aromatic rings. The minimum Gasteiger partial charge on any atom is -0.223 e. The molecule has 0 aliphatic heterocycles. The molecule has 0 fully saturated rings. The molecule has 0 saturated heterocycles. The van der Waals surface area contributed by atoms with Crippen LogP contribution in [0, 0.1) is 0 Å². The maximum atomic E-state index is 11.0. The van der Waals surface area contributed by atoms with Crippen molar-refractivity contribution in [1.29, 1.82) is 0 Å². The Kier molecular flexibility index (Phi) is 2.23. The lowest BCUT2D eigenvalue weighted by Gasteiger charge is -1.76. The summed E-state index contributed by atoms with van der Waals surface area (Å²) in [6.07, 6.45) is 0. The highest BCUT2D eigenvalue weighted by Gasteiger charge is 2.14. The van der Waals surface area contributed by atoms with E-state index in [-0.39, 0.29) is 0 Å². The lowest BCUT2D eigenvalue weighted by atomic mass is 11.8. The van der Waals surface area contributed by atoms with E-state index in [1.807, 2.05) is 4.76 Å². The molecule has 0 aliphatic carbocycles. The van der Waals surface area contributed by atoms with Gasteiger partial charge in [0.1, 0.15) is 0 Å². The second-order valence-corrected chi connectivity index (χ2v) is 1.88. The molecule has 0 amide bonds. The molecule has 0 aromatic carbocycles. The maximum absolute atomic E-state index is 11.0. The van der Waals surface area contributed by atoms with Gasteiger partial charge in [0.25, 0.3) is 0 Å². The minimum atomic E-state index is -5.26. The highest BCUT2D eigenvalue weighted by Crippen LogP contribution is 2.49. The molecule has 0 unspecified atom stereocenters. The van der Waals surface area contributed by atoms with Gasteiger partial charge in [-0.1, -0.05) is 0 Å². The molecule has 0 bridgehead atoms. The van der Waals surface area contributed by atoms with Crippen LogP contribution in [0.15, 0.2) is 4.76 Å². The van der Waals surface area contributed by atoms with Crippen molar-refractivity contribution < 1.29 is 13.0 Å². The van der Waals surface area contributed by atoms with Crippen molar-refractivity contribution in [3.05, 3.63) is 0 Å². The number of halogens is 2. The Labute approximate surface area is 43.9 Å². The number of rotatable bonds is 1. The van der Waals surface area contributed by atoms with Crippen molar-refractivity contribution in [2.75, 3.05) is 0 Å². The van der Waals surface area contributed by atoms with E-state index in [1.165, 1.54) is 5.16 Å². The molecule has 40 valence electrons. The zero-order valence-corrected chi connectivity index (χ0v) is 4.68. The van der Waals surface area contributed by atoms with Crippen LogP contribution in [-0.2, 0) is 4.57 Å². The van der Waals surface area contributed by atoms with Crippen LogP contribution < -0.4 is 0 Å². The van der Waals surface area contributed by atoms with Crippen molar-refractivity contribution in [1.82, 2.24) is 0 Å². The van der Waals surface area contributed by atoms with Gasteiger partial charge in [0.2, 0.25) is 0 Å². The molecule has 7 heavy (non-hydrogen) atoms. The second kappa shape index (κ2) is 2.26. The Hall–Kier alpha value is -0.110. The first-order chi connectivity index (χ1) is 3.06. The number of nitrogens with zero attached hydrogens (tertiary/aromatic N) is 1. The number of hydrogen-bond donors (Lipinski definition) is 0. The summed E-state index contributed by atoms with van der Waals surface area (Å²) in [4.78, 5) is 0. The van der Waals surface area contributed by atoms with E-state index < -0.39 is 7.91 Å². The lowest BCUT2D eigenvalue weighted by molar-refractivity contribution is 0.497. The summed E-state index contributed by atoms with van der Waals surface area (Å²) in [5.41, 5.74) is 0. The smallest absolute Gasteiger partial charge is 0.223 e. The fraction of sp³-hybridized carbons (Fsp3) is 0. The zero-order chi connectivity index (χ0) is 5.91. The van der Waals surface area contributed by atoms with Crippen LogP contribution in [0.1, 0.15) is 0 Å². The van der Waals surface area contributed by atoms with Crippen molar-refractivity contribution in [2.24, 2.45) is 4.76 Å². The zero-order valence-electron chi connectivity index (χ0n) is 2.97. The molecule has 0 radical (unpaired) electrons. The fourth-order valence-electron chi connectivity index (χ4n) is 0.0475. The van der Waals surface area contributed by atoms with Crippen LogP contribution in [0.5, 0.6) is 0 Å². The average Bonchev–Trinajstić information content (AvgIpc) is 1.30. The van der Waals surface area contributed by atoms with Gasteiger partial charge < -0.3 is 0 Å². The van der Waals surface area contributed by atoms with E-state index in [4.69, 9.17) is 0 Å². The Morgan fingerprint density at radius 1 is 1.71 bits per heavy atom. The third-order valence-electron chi connectivity index (χ3n) is 0.157. The van der Waals surface area contributed by atoms with Crippen LogP contribution in [0.3, 0.4) is 0 Å². The molecule has 0 rings (SSSR count). The molecular weight excluding hydrogens is 143 g/mol. The largest absolute Gasteiger partial charge is 0.538 e. The van der Waals surface area contributed by atoms with Gasteiger partial charge >= 0.3 is 7.91 Å². The summed E-state index contributed by atoms with van der Waals surface area (Å²) < 4.78 is 33.2. The van der Waals surface area contributed by atoms with Crippen molar-refractivity contribution >= 4 is 25.3 Å². The Balaban J connectivity index is 4.10. The minimum absolute atomic E-state index is 1.30. The van der Waals surface area contributed by atoms with E-state index >= 15 is 0 Å². The quantitative estimate of drug-likeness (QED) is 0.319. The summed E-state index contributed by atoms with van der Waals surface area (Å²) in [5.74, 6) is 0. The lowest BCUT2D eigenvalue weighted by Crippen LogP contribution is -1.46. The van der Waals surface area contributed by atoms with E-state index in [9.17, 15) is 13.0 Å². The van der Waals surface area contributed by atoms with Crippen molar-refractivity contribution in [3.8, 4) is 0 Å². The van der Waals surface area contributed by atoms with Crippen molar-refractivity contribution in [3.63, 3.8) is 0 Å². The molecule has 0 saturated carbocycles. The molecule has 0 atom stereocenters. The maximum Gasteiger partial charge on any atom is 0.538 e. The number of hydrogen-bond acceptors (Lipinski definition) is 2. The summed E-state index contributed by atoms with van der Waals surface area (Å²) in [5, 5.41) is 1.30. The van der Waals surface area contributed by atoms with Gasteiger partial charge in [0.05, 0.1) is 5.16 Å². The van der Waals surface area contributed by atoms with Gasteiger partial charge in [0, 0.05) is 0 Å². The second-order valence-electron chi connectivity index (χ2n) is 0.626. The van der Waals surface area contributed by atoms with Crippen LogP contribution in [0.25, 0.3) is 0 Å². The third kappa shape index (κ3) is 5.89. The normalized spacial score (nSPS) is 10.0. The van der Waals surface area contributed by atoms with Crippen LogP contribution in [0.4, 0.5) is 8.39 Å². The molecule has 6 heteroatoms. The van der Waals surface area contributed by atoms with Crippen LogP contribution in [0.2, 0.25) is 0 Å². The Morgan fingerprint density at radius 3 is 2.14 bits per heavy atom. The van der Waals surface area contributed by atoms with Gasteiger partial charge in [0.15, 0.2) is 0 Å². The van der Waals surface area contributed by atoms with Gasteiger partial charge in [-0.05, 0) is 12.2 Å². The Morgan fingerprint density at radius 2 is 2.14 bits per heavy atom. The summed E-state index contributed by atoms with van der Waals surface area (Å²) in [6, 6.07) is 0. The van der Waals surface area contributed by atoms with E-state index in [0.29, 0.717) is 0 Å². The van der Waals surface area contributed by atoms with Gasteiger partial charge in [-0.15, -0.1) is 13.2 Å². The highest BCUT2D eigenvalue weighted by atomic mass is 32.1. The predicted molar refractivity (Wildman–Crippen MR) is 24.8 cm³/mol. The van der Waals surface area contributed by atoms with Gasteiger partial charge in [-0.3, -0.25) is 0 Å². The van der Waals surface area contributed by atoms with Crippen LogP contribution >= 0.6 is 20.1 Å². The standard InChI is InChI=1S/CF2NOPS/c2-6(3,5)4-1-7. The summed E-state index contributed by atoms with van der Waals surface area (Å²) in [7, 11) is -5.26. The molecule has 0 spiro atoms. The topological polar surface area (TPSA) is 29.4 Å². The highest BCUT2D eigenvalue weighted by molar-refractivity contribution is 7.78. The van der Waals surface area contributed by atoms with Crippen LogP contribution in [-0.4, -0.2) is 5.16 Å². The molecule has 0 aromatic heterocycles. The first-order valence-corrected chi connectivity index (χ1v) is 3.00. The number of thiocarbonyl (C=S) groups is 1. The molecule has 0 N–H and O–H groups in total. The first kappa shape index (κ1) is 6.89.